The molecule has 0 saturated carbocycles. The summed E-state index contributed by atoms with van der Waals surface area (Å²) < 4.78 is 5.77. The Bertz CT molecular complexity index is 283. The van der Waals surface area contributed by atoms with Gasteiger partial charge in [-0.25, -0.2) is 0 Å². The van der Waals surface area contributed by atoms with Gasteiger partial charge in [0.05, 0.1) is 0 Å². The van der Waals surface area contributed by atoms with Crippen molar-refractivity contribution in [1.29, 1.82) is 0 Å². The Morgan fingerprint density at radius 1 is 1.29 bits per heavy atom. The summed E-state index contributed by atoms with van der Waals surface area (Å²) in [7, 11) is 0. The van der Waals surface area contributed by atoms with Gasteiger partial charge in [0.1, 0.15) is 11.9 Å². The van der Waals surface area contributed by atoms with Gasteiger partial charge in [0.2, 0.25) is 0 Å². The molecular formula is C12H19NO. The number of aryl methyl sites for hydroxylation is 1. The Kier molecular flexibility index (Phi) is 3.96. The predicted octanol–water partition coefficient (Wildman–Crippen LogP) is 2.36. The van der Waals surface area contributed by atoms with Gasteiger partial charge in [0.15, 0.2) is 0 Å². The first-order valence-electron chi connectivity index (χ1n) is 5.15. The monoisotopic (exact) mass is 193 g/mol. The van der Waals surface area contributed by atoms with E-state index in [0.29, 0.717) is 0 Å². The summed E-state index contributed by atoms with van der Waals surface area (Å²) in [6, 6.07) is 8.16. The lowest BCUT2D eigenvalue weighted by Crippen LogP contribution is -2.33. The van der Waals surface area contributed by atoms with Gasteiger partial charge in [-0.2, -0.15) is 0 Å². The highest BCUT2D eigenvalue weighted by atomic mass is 16.5. The van der Waals surface area contributed by atoms with Gasteiger partial charge in [-0.1, -0.05) is 25.1 Å². The highest BCUT2D eigenvalue weighted by Crippen LogP contribution is 2.20. The quantitative estimate of drug-likeness (QED) is 0.796. The summed E-state index contributed by atoms with van der Waals surface area (Å²) in [6.45, 7) is 6.08. The Morgan fingerprint density at radius 2 is 1.93 bits per heavy atom. The van der Waals surface area contributed by atoms with Crippen molar-refractivity contribution in [1.82, 2.24) is 0 Å². The molecule has 0 radical (unpaired) electrons. The van der Waals surface area contributed by atoms with Crippen molar-refractivity contribution in [3.8, 4) is 5.75 Å². The lowest BCUT2D eigenvalue weighted by molar-refractivity contribution is 0.195. The maximum atomic E-state index is 5.77. The number of ether oxygens (including phenoxy) is 1. The number of hydrogen-bond donors (Lipinski definition) is 1. The maximum Gasteiger partial charge on any atom is 0.122 e. The van der Waals surface area contributed by atoms with Gasteiger partial charge >= 0.3 is 0 Å². The van der Waals surface area contributed by atoms with E-state index in [1.165, 1.54) is 5.56 Å². The van der Waals surface area contributed by atoms with Crippen molar-refractivity contribution < 1.29 is 4.74 Å². The van der Waals surface area contributed by atoms with Crippen molar-refractivity contribution in [2.45, 2.75) is 39.3 Å². The maximum absolute atomic E-state index is 5.77. The fourth-order valence-corrected chi connectivity index (χ4v) is 1.22. The number of benzene rings is 1. The van der Waals surface area contributed by atoms with E-state index in [4.69, 9.17) is 10.5 Å². The smallest absolute Gasteiger partial charge is 0.122 e. The molecule has 1 aromatic rings. The fraction of sp³-hybridized carbons (Fsp3) is 0.500. The minimum atomic E-state index is 0.0555. The molecule has 0 aliphatic rings. The Morgan fingerprint density at radius 3 is 2.50 bits per heavy atom. The van der Waals surface area contributed by atoms with Crippen LogP contribution >= 0.6 is 0 Å². The second-order valence-electron chi connectivity index (χ2n) is 3.64. The number of rotatable bonds is 4. The molecule has 14 heavy (non-hydrogen) atoms. The number of hydrogen-bond acceptors (Lipinski definition) is 2. The lowest BCUT2D eigenvalue weighted by atomic mass is 10.1. The molecule has 2 atom stereocenters. The highest BCUT2D eigenvalue weighted by molar-refractivity contribution is 5.33. The predicted molar refractivity (Wildman–Crippen MR) is 59.6 cm³/mol. The molecule has 0 aliphatic carbocycles. The van der Waals surface area contributed by atoms with Crippen LogP contribution in [0.4, 0.5) is 0 Å². The van der Waals surface area contributed by atoms with Crippen LogP contribution in [-0.2, 0) is 6.42 Å². The molecule has 78 valence electrons. The number of para-hydroxylation sites is 1. The molecule has 0 heterocycles. The molecule has 2 N–H and O–H groups in total. The molecule has 1 aromatic carbocycles. The molecule has 0 saturated heterocycles. The molecule has 0 amide bonds. The third-order valence-electron chi connectivity index (χ3n) is 2.41. The van der Waals surface area contributed by atoms with Gasteiger partial charge in [0, 0.05) is 6.04 Å². The van der Waals surface area contributed by atoms with Crippen LogP contribution in [0.1, 0.15) is 26.3 Å². The van der Waals surface area contributed by atoms with Crippen LogP contribution in [0.25, 0.3) is 0 Å². The van der Waals surface area contributed by atoms with Crippen LogP contribution in [0.3, 0.4) is 0 Å². The Balaban J connectivity index is 2.75. The molecule has 1 unspecified atom stereocenters. The summed E-state index contributed by atoms with van der Waals surface area (Å²) in [5.74, 6) is 0.958. The Hall–Kier alpha value is -1.02. The van der Waals surface area contributed by atoms with Gasteiger partial charge < -0.3 is 10.5 Å². The largest absolute Gasteiger partial charge is 0.489 e. The summed E-state index contributed by atoms with van der Waals surface area (Å²) in [5.41, 5.74) is 6.99. The van der Waals surface area contributed by atoms with Crippen LogP contribution in [0, 0.1) is 0 Å². The van der Waals surface area contributed by atoms with Crippen molar-refractivity contribution >= 4 is 0 Å². The van der Waals surface area contributed by atoms with Crippen LogP contribution in [-0.4, -0.2) is 12.1 Å². The average molecular weight is 193 g/mol. The van der Waals surface area contributed by atoms with Gasteiger partial charge in [-0.05, 0) is 31.9 Å². The fourth-order valence-electron chi connectivity index (χ4n) is 1.22. The average Bonchev–Trinajstić information content (AvgIpc) is 2.18. The van der Waals surface area contributed by atoms with E-state index in [1.54, 1.807) is 0 Å². The molecule has 0 aliphatic heterocycles. The zero-order chi connectivity index (χ0) is 10.6. The van der Waals surface area contributed by atoms with E-state index in [2.05, 4.69) is 13.0 Å². The van der Waals surface area contributed by atoms with E-state index in [0.717, 1.165) is 12.2 Å². The molecule has 0 fully saturated rings. The molecule has 0 spiro atoms. The summed E-state index contributed by atoms with van der Waals surface area (Å²) in [6.07, 6.45) is 1.05. The van der Waals surface area contributed by atoms with Crippen LogP contribution in [0.15, 0.2) is 24.3 Å². The van der Waals surface area contributed by atoms with Gasteiger partial charge in [-0.3, -0.25) is 0 Å². The standard InChI is InChI=1S/C12H19NO/c1-4-11-7-5-6-8-12(11)14-10(3)9(2)13/h5-10H,4,13H2,1-3H3/t9-,10?/m0/s1. The second kappa shape index (κ2) is 5.01. The topological polar surface area (TPSA) is 35.2 Å². The van der Waals surface area contributed by atoms with E-state index >= 15 is 0 Å². The van der Waals surface area contributed by atoms with Gasteiger partial charge in [-0.15, -0.1) is 0 Å². The van der Waals surface area contributed by atoms with E-state index in [9.17, 15) is 0 Å². The summed E-state index contributed by atoms with van der Waals surface area (Å²) >= 11 is 0. The van der Waals surface area contributed by atoms with Crippen LogP contribution in [0.2, 0.25) is 0 Å². The first-order valence-corrected chi connectivity index (χ1v) is 5.15. The zero-order valence-electron chi connectivity index (χ0n) is 9.16. The van der Waals surface area contributed by atoms with Gasteiger partial charge in [0.25, 0.3) is 0 Å². The van der Waals surface area contributed by atoms with Crippen molar-refractivity contribution in [2.75, 3.05) is 0 Å². The van der Waals surface area contributed by atoms with Crippen molar-refractivity contribution in [2.24, 2.45) is 5.73 Å². The third-order valence-corrected chi connectivity index (χ3v) is 2.41. The molecule has 1 rings (SSSR count). The highest BCUT2D eigenvalue weighted by Gasteiger charge is 2.10. The van der Waals surface area contributed by atoms with Crippen LogP contribution < -0.4 is 10.5 Å². The Labute approximate surface area is 86.1 Å². The molecule has 0 aromatic heterocycles. The minimum Gasteiger partial charge on any atom is -0.489 e. The van der Waals surface area contributed by atoms with E-state index in [-0.39, 0.29) is 12.1 Å². The zero-order valence-corrected chi connectivity index (χ0v) is 9.16. The molecule has 0 bridgehead atoms. The first kappa shape index (κ1) is 11.1. The minimum absolute atomic E-state index is 0.0555. The van der Waals surface area contributed by atoms with Crippen molar-refractivity contribution in [3.05, 3.63) is 29.8 Å². The summed E-state index contributed by atoms with van der Waals surface area (Å²) in [5, 5.41) is 0. The second-order valence-corrected chi connectivity index (χ2v) is 3.64. The molecular weight excluding hydrogens is 174 g/mol. The molecule has 2 nitrogen and oxygen atoms in total. The SMILES string of the molecule is CCc1ccccc1OC(C)[C@H](C)N. The van der Waals surface area contributed by atoms with Crippen LogP contribution in [0.5, 0.6) is 5.75 Å². The summed E-state index contributed by atoms with van der Waals surface area (Å²) in [4.78, 5) is 0. The number of nitrogens with two attached hydrogens (primary N) is 1. The third kappa shape index (κ3) is 2.74. The van der Waals surface area contributed by atoms with E-state index in [1.807, 2.05) is 32.0 Å². The normalized spacial score (nSPS) is 14.9. The first-order chi connectivity index (χ1) is 6.65. The molecule has 2 heteroatoms. The van der Waals surface area contributed by atoms with E-state index < -0.39 is 0 Å². The lowest BCUT2D eigenvalue weighted by Gasteiger charge is -2.19. The van der Waals surface area contributed by atoms with Crippen molar-refractivity contribution in [3.63, 3.8) is 0 Å².